The first-order valence-electron chi connectivity index (χ1n) is 11.9. The van der Waals surface area contributed by atoms with E-state index in [0.29, 0.717) is 5.65 Å². The summed E-state index contributed by atoms with van der Waals surface area (Å²) in [7, 11) is 0. The van der Waals surface area contributed by atoms with Gasteiger partial charge in [-0.15, -0.1) is 0 Å². The molecule has 2 aromatic carbocycles. The Bertz CT molecular complexity index is 1530. The molecule has 4 heterocycles. The van der Waals surface area contributed by atoms with Gasteiger partial charge in [0.05, 0.1) is 17.4 Å². The smallest absolute Gasteiger partial charge is 0.202 e. The summed E-state index contributed by atoms with van der Waals surface area (Å²) in [6.07, 6.45) is 6.87. The SMILES string of the molecule is N[C@H]1c2ccccc2CC12CCN(c1cnc3c(-c4cccc5ncccc45)[nH]nc3n1)CC2. The Morgan fingerprint density at radius 1 is 0.971 bits per heavy atom. The van der Waals surface area contributed by atoms with Gasteiger partial charge in [0, 0.05) is 36.3 Å². The maximum absolute atomic E-state index is 6.75. The van der Waals surface area contributed by atoms with Crippen LogP contribution in [0.4, 0.5) is 5.82 Å². The second-order valence-electron chi connectivity index (χ2n) is 9.58. The summed E-state index contributed by atoms with van der Waals surface area (Å²) in [5.41, 5.74) is 13.9. The van der Waals surface area contributed by atoms with Crippen molar-refractivity contribution in [3.8, 4) is 11.3 Å². The van der Waals surface area contributed by atoms with Crippen LogP contribution in [0.2, 0.25) is 0 Å². The van der Waals surface area contributed by atoms with Crippen molar-refractivity contribution in [2.75, 3.05) is 18.0 Å². The lowest BCUT2D eigenvalue weighted by Crippen LogP contribution is -2.44. The molecule has 7 heteroatoms. The van der Waals surface area contributed by atoms with Crippen LogP contribution in [0.15, 0.2) is 67.0 Å². The van der Waals surface area contributed by atoms with Crippen LogP contribution in [0.25, 0.3) is 33.3 Å². The fraction of sp³-hybridized carbons (Fsp3) is 0.259. The molecule has 7 rings (SSSR count). The summed E-state index contributed by atoms with van der Waals surface area (Å²) in [6.45, 7) is 1.85. The van der Waals surface area contributed by atoms with Crippen molar-refractivity contribution in [3.63, 3.8) is 0 Å². The molecule has 168 valence electrons. The predicted molar refractivity (Wildman–Crippen MR) is 133 cm³/mol. The van der Waals surface area contributed by atoms with Gasteiger partial charge in [-0.3, -0.25) is 10.1 Å². The number of H-pyrrole nitrogens is 1. The first kappa shape index (κ1) is 19.6. The molecule has 0 unspecified atom stereocenters. The van der Waals surface area contributed by atoms with E-state index in [0.717, 1.165) is 65.8 Å². The Kier molecular flexibility index (Phi) is 4.23. The molecule has 3 N–H and O–H groups in total. The van der Waals surface area contributed by atoms with Crippen molar-refractivity contribution >= 4 is 27.9 Å². The van der Waals surface area contributed by atoms with E-state index in [2.05, 4.69) is 56.5 Å². The maximum Gasteiger partial charge on any atom is 0.202 e. The van der Waals surface area contributed by atoms with Gasteiger partial charge in [0.15, 0.2) is 0 Å². The second kappa shape index (κ2) is 7.33. The Morgan fingerprint density at radius 3 is 2.74 bits per heavy atom. The minimum absolute atomic E-state index is 0.114. The molecule has 1 aliphatic carbocycles. The number of nitrogens with one attached hydrogen (secondary N) is 1. The number of aromatic nitrogens is 5. The van der Waals surface area contributed by atoms with Gasteiger partial charge in [0.2, 0.25) is 5.65 Å². The van der Waals surface area contributed by atoms with Crippen LogP contribution >= 0.6 is 0 Å². The van der Waals surface area contributed by atoms with E-state index in [4.69, 9.17) is 15.7 Å². The highest BCUT2D eigenvalue weighted by Crippen LogP contribution is 2.50. The zero-order chi connectivity index (χ0) is 22.7. The van der Waals surface area contributed by atoms with Crippen LogP contribution in [0.3, 0.4) is 0 Å². The number of benzene rings is 2. The Morgan fingerprint density at radius 2 is 1.85 bits per heavy atom. The molecule has 0 bridgehead atoms. The van der Waals surface area contributed by atoms with Crippen molar-refractivity contribution in [1.29, 1.82) is 0 Å². The van der Waals surface area contributed by atoms with E-state index in [1.165, 1.54) is 11.1 Å². The Hall–Kier alpha value is -3.84. The summed E-state index contributed by atoms with van der Waals surface area (Å²) in [5.74, 6) is 0.879. The molecular weight excluding hydrogens is 422 g/mol. The Balaban J connectivity index is 1.17. The second-order valence-corrected chi connectivity index (χ2v) is 9.58. The van der Waals surface area contributed by atoms with Crippen LogP contribution in [0, 0.1) is 5.41 Å². The number of fused-ring (bicyclic) bond motifs is 3. The number of hydrogen-bond donors (Lipinski definition) is 2. The van der Waals surface area contributed by atoms with Gasteiger partial charge in [0.1, 0.15) is 11.3 Å². The molecule has 0 saturated carbocycles. The van der Waals surface area contributed by atoms with E-state index in [9.17, 15) is 0 Å². The first-order valence-corrected chi connectivity index (χ1v) is 11.9. The molecule has 34 heavy (non-hydrogen) atoms. The van der Waals surface area contributed by atoms with Gasteiger partial charge in [-0.05, 0) is 47.9 Å². The zero-order valence-electron chi connectivity index (χ0n) is 18.8. The molecular formula is C27H25N7. The number of anilines is 1. The van der Waals surface area contributed by atoms with Gasteiger partial charge in [-0.2, -0.15) is 5.10 Å². The molecule has 1 aliphatic heterocycles. The molecule has 1 fully saturated rings. The third kappa shape index (κ3) is 2.86. The van der Waals surface area contributed by atoms with Crippen LogP contribution in [-0.2, 0) is 6.42 Å². The van der Waals surface area contributed by atoms with Gasteiger partial charge >= 0.3 is 0 Å². The van der Waals surface area contributed by atoms with Crippen molar-refractivity contribution in [2.24, 2.45) is 11.1 Å². The van der Waals surface area contributed by atoms with Crippen LogP contribution in [0.5, 0.6) is 0 Å². The van der Waals surface area contributed by atoms with E-state index >= 15 is 0 Å². The molecule has 5 aromatic rings. The van der Waals surface area contributed by atoms with E-state index in [1.807, 2.05) is 30.6 Å². The van der Waals surface area contributed by atoms with Gasteiger partial charge in [-0.25, -0.2) is 9.97 Å². The predicted octanol–water partition coefficient (Wildman–Crippen LogP) is 4.41. The normalized spacial score (nSPS) is 19.2. The average Bonchev–Trinajstić information content (AvgIpc) is 3.43. The third-order valence-corrected chi connectivity index (χ3v) is 7.84. The molecule has 2 aliphatic rings. The zero-order valence-corrected chi connectivity index (χ0v) is 18.8. The molecule has 1 atom stereocenters. The minimum Gasteiger partial charge on any atom is -0.355 e. The molecule has 7 nitrogen and oxygen atoms in total. The standard InChI is InChI=1S/C27H25N7/c28-25-18-6-2-1-5-17(18)15-27(25)10-13-34(14-11-27)22-16-30-24-23(32-33-26(24)31-22)20-7-3-9-21-19(20)8-4-12-29-21/h1-9,12,16,25H,10-11,13-15,28H2,(H,31,32,33)/t25-/m0/s1. The lowest BCUT2D eigenvalue weighted by molar-refractivity contribution is 0.187. The molecule has 0 radical (unpaired) electrons. The number of hydrogen-bond acceptors (Lipinski definition) is 6. The monoisotopic (exact) mass is 447 g/mol. The van der Waals surface area contributed by atoms with Gasteiger partial charge in [-0.1, -0.05) is 42.5 Å². The molecule has 3 aromatic heterocycles. The minimum atomic E-state index is 0.114. The lowest BCUT2D eigenvalue weighted by Gasteiger charge is -2.42. The van der Waals surface area contributed by atoms with Crippen molar-refractivity contribution in [2.45, 2.75) is 25.3 Å². The highest BCUT2D eigenvalue weighted by Gasteiger charge is 2.45. The summed E-state index contributed by atoms with van der Waals surface area (Å²) < 4.78 is 0. The number of aromatic amines is 1. The van der Waals surface area contributed by atoms with Gasteiger partial charge < -0.3 is 10.6 Å². The van der Waals surface area contributed by atoms with Crippen molar-refractivity contribution in [1.82, 2.24) is 25.1 Å². The molecule has 0 amide bonds. The number of nitrogens with zero attached hydrogens (tertiary/aromatic N) is 5. The van der Waals surface area contributed by atoms with E-state index in [-0.39, 0.29) is 11.5 Å². The average molecular weight is 448 g/mol. The maximum atomic E-state index is 6.75. The topological polar surface area (TPSA) is 96.6 Å². The highest BCUT2D eigenvalue weighted by molar-refractivity contribution is 6.00. The summed E-state index contributed by atoms with van der Waals surface area (Å²) in [6, 6.07) is 18.9. The van der Waals surface area contributed by atoms with Crippen molar-refractivity contribution in [3.05, 3.63) is 78.1 Å². The number of nitrogens with two attached hydrogens (primary N) is 1. The summed E-state index contributed by atoms with van der Waals surface area (Å²) >= 11 is 0. The first-order chi connectivity index (χ1) is 16.7. The quantitative estimate of drug-likeness (QED) is 0.416. The van der Waals surface area contributed by atoms with E-state index < -0.39 is 0 Å². The lowest BCUT2D eigenvalue weighted by atomic mass is 9.73. The van der Waals surface area contributed by atoms with Crippen molar-refractivity contribution < 1.29 is 0 Å². The van der Waals surface area contributed by atoms with E-state index in [1.54, 1.807) is 0 Å². The Labute approximate surface area is 197 Å². The van der Waals surface area contributed by atoms with Crippen LogP contribution in [0.1, 0.15) is 30.0 Å². The fourth-order valence-electron chi connectivity index (χ4n) is 5.93. The highest BCUT2D eigenvalue weighted by atomic mass is 15.2. The summed E-state index contributed by atoms with van der Waals surface area (Å²) in [5, 5.41) is 8.74. The van der Waals surface area contributed by atoms with Crippen LogP contribution in [-0.4, -0.2) is 38.2 Å². The largest absolute Gasteiger partial charge is 0.355 e. The van der Waals surface area contributed by atoms with Gasteiger partial charge in [0.25, 0.3) is 0 Å². The third-order valence-electron chi connectivity index (χ3n) is 7.84. The number of rotatable bonds is 2. The van der Waals surface area contributed by atoms with Crippen LogP contribution < -0.4 is 10.6 Å². The summed E-state index contributed by atoms with van der Waals surface area (Å²) in [4.78, 5) is 16.5. The number of piperidine rings is 1. The molecule has 1 spiro atoms. The fourth-order valence-corrected chi connectivity index (χ4v) is 5.93. The number of pyridine rings is 1. The molecule has 1 saturated heterocycles.